The molecule has 0 spiro atoms. The van der Waals surface area contributed by atoms with E-state index in [1.165, 1.54) is 0 Å². The van der Waals surface area contributed by atoms with Crippen LogP contribution in [0.25, 0.3) is 10.9 Å². The minimum absolute atomic E-state index is 0.0814. The lowest BCUT2D eigenvalue weighted by atomic mass is 10.1. The summed E-state index contributed by atoms with van der Waals surface area (Å²) in [6, 6.07) is 8.08. The summed E-state index contributed by atoms with van der Waals surface area (Å²) >= 11 is 0. The first-order valence-corrected chi connectivity index (χ1v) is 9.98. The monoisotopic (exact) mass is 395 g/mol. The Kier molecular flexibility index (Phi) is 5.33. The molecular weight excluding hydrogens is 370 g/mol. The molecule has 0 aliphatic carbocycles. The zero-order valence-corrected chi connectivity index (χ0v) is 16.6. The normalized spacial score (nSPS) is 17.7. The lowest BCUT2D eigenvalue weighted by Crippen LogP contribution is -2.42. The maximum absolute atomic E-state index is 12.9. The van der Waals surface area contributed by atoms with E-state index >= 15 is 0 Å². The van der Waals surface area contributed by atoms with Gasteiger partial charge in [0.2, 0.25) is 11.8 Å². The highest BCUT2D eigenvalue weighted by Crippen LogP contribution is 2.21. The van der Waals surface area contributed by atoms with E-state index in [1.807, 2.05) is 40.9 Å². The van der Waals surface area contributed by atoms with Gasteiger partial charge in [0, 0.05) is 63.2 Å². The van der Waals surface area contributed by atoms with Crippen molar-refractivity contribution in [1.82, 2.24) is 19.8 Å². The van der Waals surface area contributed by atoms with Gasteiger partial charge in [0.25, 0.3) is 5.91 Å². The molecule has 29 heavy (non-hydrogen) atoms. The minimum Gasteiger partial charge on any atom is -0.350 e. The van der Waals surface area contributed by atoms with Crippen LogP contribution in [0, 0.1) is 0 Å². The van der Waals surface area contributed by atoms with Gasteiger partial charge in [-0.15, -0.1) is 0 Å². The molecule has 2 aliphatic heterocycles. The van der Waals surface area contributed by atoms with Crippen LogP contribution in [0.4, 0.5) is 0 Å². The van der Waals surface area contributed by atoms with Crippen LogP contribution in [0.1, 0.15) is 24.8 Å². The van der Waals surface area contributed by atoms with E-state index in [9.17, 15) is 14.4 Å². The topological polar surface area (TPSA) is 87.0 Å². The number of fused-ring (bicyclic) bond motifs is 1. The first-order valence-electron chi connectivity index (χ1n) is 9.98. The van der Waals surface area contributed by atoms with Gasteiger partial charge in [0.15, 0.2) is 0 Å². The van der Waals surface area contributed by atoms with Crippen molar-refractivity contribution >= 4 is 34.3 Å². The molecule has 1 aromatic carbocycles. The summed E-state index contributed by atoms with van der Waals surface area (Å²) in [6.07, 6.45) is 3.76. The van der Waals surface area contributed by atoms with Gasteiger partial charge < -0.3 is 14.4 Å². The van der Waals surface area contributed by atoms with Crippen molar-refractivity contribution in [2.75, 3.05) is 26.2 Å². The molecule has 0 bridgehead atoms. The van der Waals surface area contributed by atoms with Gasteiger partial charge in [-0.05, 0) is 18.1 Å². The number of aromatic nitrogens is 1. The molecule has 2 aliphatic rings. The fourth-order valence-electron chi connectivity index (χ4n) is 4.02. The van der Waals surface area contributed by atoms with E-state index in [0.29, 0.717) is 44.7 Å². The molecule has 3 amide bonds. The van der Waals surface area contributed by atoms with Gasteiger partial charge in [0.05, 0.1) is 6.42 Å². The van der Waals surface area contributed by atoms with Gasteiger partial charge in [-0.1, -0.05) is 18.2 Å². The van der Waals surface area contributed by atoms with Crippen molar-refractivity contribution in [3.05, 3.63) is 36.0 Å². The minimum atomic E-state index is -0.164. The van der Waals surface area contributed by atoms with Gasteiger partial charge in [0.1, 0.15) is 5.71 Å². The third-order valence-corrected chi connectivity index (χ3v) is 5.61. The Labute approximate surface area is 169 Å². The smallest absolute Gasteiger partial charge is 0.270 e. The predicted molar refractivity (Wildman–Crippen MR) is 109 cm³/mol. The first kappa shape index (κ1) is 19.2. The number of hydrogen-bond donors (Lipinski definition) is 1. The number of hydrazone groups is 1. The number of nitrogens with zero attached hydrogens (tertiary/aromatic N) is 4. The van der Waals surface area contributed by atoms with E-state index in [2.05, 4.69) is 16.6 Å². The number of nitrogens with one attached hydrogen (secondary N) is 1. The first-order chi connectivity index (χ1) is 14.0. The molecule has 0 saturated carbocycles. The molecule has 8 nitrogen and oxygen atoms in total. The summed E-state index contributed by atoms with van der Waals surface area (Å²) in [5, 5.41) is 5.00. The van der Waals surface area contributed by atoms with E-state index in [-0.39, 0.29) is 24.1 Å². The van der Waals surface area contributed by atoms with Crippen molar-refractivity contribution < 1.29 is 14.4 Å². The molecule has 3 heterocycles. The maximum atomic E-state index is 12.9. The van der Waals surface area contributed by atoms with Crippen LogP contribution in [0.15, 0.2) is 35.6 Å². The molecular formula is C21H25N5O3. The molecule has 0 atom stereocenters. The Morgan fingerprint density at radius 3 is 2.62 bits per heavy atom. The summed E-state index contributed by atoms with van der Waals surface area (Å²) < 4.78 is 2.05. The predicted octanol–water partition coefficient (Wildman–Crippen LogP) is 1.05. The molecule has 0 radical (unpaired) electrons. The second-order valence-electron chi connectivity index (χ2n) is 7.58. The summed E-state index contributed by atoms with van der Waals surface area (Å²) in [5.74, 6) is -0.228. The van der Waals surface area contributed by atoms with Crippen molar-refractivity contribution in [3.63, 3.8) is 0 Å². The number of carbonyl (C=O) groups excluding carboxylic acids is 3. The van der Waals surface area contributed by atoms with E-state index in [4.69, 9.17) is 0 Å². The number of carbonyl (C=O) groups is 3. The Hall–Kier alpha value is -3.16. The third-order valence-electron chi connectivity index (χ3n) is 5.61. The highest BCUT2D eigenvalue weighted by atomic mass is 16.2. The Bertz CT molecular complexity index is 993. The third kappa shape index (κ3) is 4.01. The molecule has 8 heteroatoms. The second-order valence-corrected chi connectivity index (χ2v) is 7.58. The zero-order chi connectivity index (χ0) is 20.4. The molecule has 1 N–H and O–H groups in total. The van der Waals surface area contributed by atoms with Gasteiger partial charge in [-0.3, -0.25) is 14.4 Å². The van der Waals surface area contributed by atoms with Gasteiger partial charge in [-0.25, -0.2) is 5.43 Å². The van der Waals surface area contributed by atoms with Crippen LogP contribution < -0.4 is 5.43 Å². The highest BCUT2D eigenvalue weighted by molar-refractivity contribution is 6.39. The number of rotatable bonds is 3. The summed E-state index contributed by atoms with van der Waals surface area (Å²) in [4.78, 5) is 40.4. The van der Waals surface area contributed by atoms with Crippen molar-refractivity contribution in [3.8, 4) is 0 Å². The fraction of sp³-hybridized carbons (Fsp3) is 0.429. The van der Waals surface area contributed by atoms with Crippen molar-refractivity contribution in [1.29, 1.82) is 0 Å². The van der Waals surface area contributed by atoms with Crippen LogP contribution in [0.3, 0.4) is 0 Å². The molecule has 1 fully saturated rings. The van der Waals surface area contributed by atoms with Crippen LogP contribution in [0.2, 0.25) is 0 Å². The molecule has 2 aromatic rings. The largest absolute Gasteiger partial charge is 0.350 e. The van der Waals surface area contributed by atoms with Crippen LogP contribution >= 0.6 is 0 Å². The van der Waals surface area contributed by atoms with E-state index < -0.39 is 0 Å². The highest BCUT2D eigenvalue weighted by Gasteiger charge is 2.27. The Morgan fingerprint density at radius 2 is 1.83 bits per heavy atom. The van der Waals surface area contributed by atoms with E-state index in [1.54, 1.807) is 4.90 Å². The Morgan fingerprint density at radius 1 is 1.07 bits per heavy atom. The molecule has 152 valence electrons. The average Bonchev–Trinajstić information content (AvgIpc) is 2.90. The number of benzene rings is 1. The average molecular weight is 395 g/mol. The summed E-state index contributed by atoms with van der Waals surface area (Å²) in [6.45, 7) is 2.21. The Balaban J connectivity index is 1.39. The SMILES string of the molecule is Cn1cc(CC(=O)N2CCCN(C(=O)C3=NNC(=O)CC3)CC2)c2ccccc21. The molecule has 1 aromatic heterocycles. The molecule has 4 rings (SSSR count). The molecule has 0 unspecified atom stereocenters. The summed E-state index contributed by atoms with van der Waals surface area (Å²) in [5.41, 5.74) is 4.90. The van der Waals surface area contributed by atoms with Crippen molar-refractivity contribution in [2.45, 2.75) is 25.7 Å². The maximum Gasteiger partial charge on any atom is 0.270 e. The van der Waals surface area contributed by atoms with Crippen LogP contribution in [-0.4, -0.2) is 64.0 Å². The van der Waals surface area contributed by atoms with Gasteiger partial charge >= 0.3 is 0 Å². The number of aryl methyl sites for hydroxylation is 1. The number of para-hydroxylation sites is 1. The fourth-order valence-corrected chi connectivity index (χ4v) is 4.02. The van der Waals surface area contributed by atoms with Crippen LogP contribution in [-0.2, 0) is 27.9 Å². The second kappa shape index (κ2) is 8.06. The van der Waals surface area contributed by atoms with Gasteiger partial charge in [-0.2, -0.15) is 5.10 Å². The zero-order valence-electron chi connectivity index (χ0n) is 16.6. The lowest BCUT2D eigenvalue weighted by molar-refractivity contribution is -0.131. The van der Waals surface area contributed by atoms with Crippen LogP contribution in [0.5, 0.6) is 0 Å². The standard InChI is InChI=1S/C21H25N5O3/c1-24-14-15(16-5-2-3-6-18(16)24)13-20(28)25-9-4-10-26(12-11-25)21(29)17-7-8-19(27)23-22-17/h2-3,5-6,14H,4,7-13H2,1H3,(H,23,27). The van der Waals surface area contributed by atoms with E-state index in [0.717, 1.165) is 22.9 Å². The number of hydrogen-bond acceptors (Lipinski definition) is 4. The molecule has 1 saturated heterocycles. The van der Waals surface area contributed by atoms with Crippen molar-refractivity contribution in [2.24, 2.45) is 12.1 Å². The quantitative estimate of drug-likeness (QED) is 0.843. The number of amides is 3. The summed E-state index contributed by atoms with van der Waals surface area (Å²) in [7, 11) is 1.99. The lowest BCUT2D eigenvalue weighted by Gasteiger charge is -2.23.